The highest BCUT2D eigenvalue weighted by molar-refractivity contribution is 7.62. The number of ether oxygens (including phenoxy) is 1. The molecule has 0 aromatic carbocycles. The van der Waals surface area contributed by atoms with Gasteiger partial charge in [0, 0.05) is 11.8 Å². The third kappa shape index (κ3) is 6.26. The fourth-order valence-corrected chi connectivity index (χ4v) is 4.32. The fraction of sp³-hybridized carbons (Fsp3) is 0.600. The Kier molecular flexibility index (Phi) is 7.61. The van der Waals surface area contributed by atoms with E-state index < -0.39 is 55.2 Å². The fourth-order valence-electron chi connectivity index (χ4n) is 2.18. The van der Waals surface area contributed by atoms with Gasteiger partial charge in [0.05, 0.1) is 12.7 Å². The molecule has 16 heteroatoms. The molecule has 0 aliphatic carbocycles. The summed E-state index contributed by atoms with van der Waals surface area (Å²) in [6.07, 6.45) is 0.801. The SMILES string of the molecule is Cc1cn(C2CCC(COP(=O)(O)OP(O)OP(O)O)O2)c(=O)[nH]c1=O. The van der Waals surface area contributed by atoms with E-state index in [0.717, 1.165) is 0 Å². The summed E-state index contributed by atoms with van der Waals surface area (Å²) >= 11 is 0. The highest BCUT2D eigenvalue weighted by Crippen LogP contribution is 2.59. The summed E-state index contributed by atoms with van der Waals surface area (Å²) in [6.45, 7) is 1.14. The van der Waals surface area contributed by atoms with Gasteiger partial charge in [0.15, 0.2) is 0 Å². The lowest BCUT2D eigenvalue weighted by molar-refractivity contribution is -0.0241. The summed E-state index contributed by atoms with van der Waals surface area (Å²) in [5.41, 5.74) is -0.819. The molecule has 1 saturated heterocycles. The predicted molar refractivity (Wildman–Crippen MR) is 87.6 cm³/mol. The number of rotatable bonds is 8. The normalized spacial score (nSPS) is 23.9. The first-order valence-electron chi connectivity index (χ1n) is 7.07. The van der Waals surface area contributed by atoms with Gasteiger partial charge in [-0.2, -0.15) is 0 Å². The van der Waals surface area contributed by atoms with E-state index in [2.05, 4.69) is 18.1 Å². The van der Waals surface area contributed by atoms with Gasteiger partial charge in [-0.25, -0.2) is 18.0 Å². The number of phosphoric acid groups is 1. The molecule has 1 aliphatic rings. The van der Waals surface area contributed by atoms with Crippen LogP contribution in [0.15, 0.2) is 15.8 Å². The lowest BCUT2D eigenvalue weighted by atomic mass is 10.2. The first-order valence-corrected chi connectivity index (χ1v) is 10.9. The summed E-state index contributed by atoms with van der Waals surface area (Å²) in [6, 6.07) is 0. The molecule has 0 bridgehead atoms. The second-order valence-corrected chi connectivity index (χ2v) is 8.67. The van der Waals surface area contributed by atoms with Crippen molar-refractivity contribution in [1.29, 1.82) is 0 Å². The third-order valence-corrected chi connectivity index (χ3v) is 6.28. The van der Waals surface area contributed by atoms with Crippen LogP contribution in [0.3, 0.4) is 0 Å². The van der Waals surface area contributed by atoms with Gasteiger partial charge < -0.3 is 24.3 Å². The average molecular weight is 434 g/mol. The van der Waals surface area contributed by atoms with Gasteiger partial charge in [-0.3, -0.25) is 18.9 Å². The quantitative estimate of drug-likeness (QED) is 0.349. The maximum absolute atomic E-state index is 11.8. The van der Waals surface area contributed by atoms with Gasteiger partial charge in [0.25, 0.3) is 5.56 Å². The molecule has 1 aliphatic heterocycles. The van der Waals surface area contributed by atoms with E-state index in [4.69, 9.17) is 19.4 Å². The van der Waals surface area contributed by atoms with E-state index in [-0.39, 0.29) is 0 Å². The van der Waals surface area contributed by atoms with Crippen molar-refractivity contribution in [3.63, 3.8) is 0 Å². The van der Waals surface area contributed by atoms with E-state index in [1.54, 1.807) is 0 Å². The molecule has 0 radical (unpaired) electrons. The predicted octanol–water partition coefficient (Wildman–Crippen LogP) is 0.104. The number of nitrogens with zero attached hydrogens (tertiary/aromatic N) is 1. The van der Waals surface area contributed by atoms with Crippen molar-refractivity contribution in [2.75, 3.05) is 6.61 Å². The Morgan fingerprint density at radius 3 is 2.73 bits per heavy atom. The number of aromatic nitrogens is 2. The van der Waals surface area contributed by atoms with Crippen LogP contribution in [0.4, 0.5) is 0 Å². The molecule has 0 amide bonds. The largest absolute Gasteiger partial charge is 0.479 e. The Morgan fingerprint density at radius 1 is 1.38 bits per heavy atom. The number of hydrogen-bond donors (Lipinski definition) is 5. The molecule has 1 aromatic rings. The summed E-state index contributed by atoms with van der Waals surface area (Å²) < 4.78 is 31.3. The van der Waals surface area contributed by atoms with E-state index in [0.29, 0.717) is 18.4 Å². The molecule has 2 heterocycles. The van der Waals surface area contributed by atoms with Crippen molar-refractivity contribution >= 4 is 25.0 Å². The molecule has 5 N–H and O–H groups in total. The van der Waals surface area contributed by atoms with Gasteiger partial charge in [-0.1, -0.05) is 0 Å². The molecule has 0 spiro atoms. The van der Waals surface area contributed by atoms with Crippen molar-refractivity contribution in [1.82, 2.24) is 9.55 Å². The molecular weight excluding hydrogens is 417 g/mol. The summed E-state index contributed by atoms with van der Waals surface area (Å²) in [5.74, 6) is 0. The van der Waals surface area contributed by atoms with E-state index in [1.807, 2.05) is 0 Å². The zero-order valence-corrected chi connectivity index (χ0v) is 16.0. The lowest BCUT2D eigenvalue weighted by Crippen LogP contribution is -2.33. The second kappa shape index (κ2) is 9.09. The molecule has 26 heavy (non-hydrogen) atoms. The van der Waals surface area contributed by atoms with Crippen LogP contribution in [-0.4, -0.2) is 41.8 Å². The van der Waals surface area contributed by atoms with Crippen molar-refractivity contribution in [2.45, 2.75) is 32.1 Å². The minimum atomic E-state index is -4.73. The minimum Gasteiger partial charge on any atom is -0.352 e. The standard InChI is InChI=1S/C10H17N2O11P3/c1-6-4-12(10(14)11-9(6)13)8-3-2-7(21-8)5-20-26(18,19)23-25(17)22-24(15)16/h4,7-8,15-17H,2-3,5H2,1H3,(H,18,19)(H,11,13,14). The highest BCUT2D eigenvalue weighted by atomic mass is 31.3. The van der Waals surface area contributed by atoms with Crippen molar-refractivity contribution < 1.29 is 42.0 Å². The van der Waals surface area contributed by atoms with Gasteiger partial charge in [-0.15, -0.1) is 0 Å². The molecule has 1 aromatic heterocycles. The molecule has 4 atom stereocenters. The number of hydrogen-bond acceptors (Lipinski definition) is 10. The Bertz CT molecular complexity index is 780. The number of phosphoric ester groups is 1. The van der Waals surface area contributed by atoms with Gasteiger partial charge >= 0.3 is 30.7 Å². The van der Waals surface area contributed by atoms with Crippen LogP contribution in [0.1, 0.15) is 24.6 Å². The number of aryl methyl sites for hydroxylation is 1. The van der Waals surface area contributed by atoms with Crippen LogP contribution in [0, 0.1) is 6.92 Å². The van der Waals surface area contributed by atoms with Crippen molar-refractivity contribution in [2.24, 2.45) is 0 Å². The first kappa shape index (κ1) is 21.7. The highest BCUT2D eigenvalue weighted by Gasteiger charge is 2.33. The number of H-pyrrole nitrogens is 1. The molecule has 13 nitrogen and oxygen atoms in total. The van der Waals surface area contributed by atoms with Crippen LogP contribution in [0.5, 0.6) is 0 Å². The minimum absolute atomic E-state index is 0.324. The molecule has 1 fully saturated rings. The average Bonchev–Trinajstić information content (AvgIpc) is 2.96. The number of aromatic amines is 1. The van der Waals surface area contributed by atoms with E-state index >= 15 is 0 Å². The third-order valence-electron chi connectivity index (χ3n) is 3.28. The van der Waals surface area contributed by atoms with Crippen LogP contribution < -0.4 is 11.2 Å². The van der Waals surface area contributed by atoms with E-state index in [9.17, 15) is 19.0 Å². The summed E-state index contributed by atoms with van der Waals surface area (Å²) in [7, 11) is -10.7. The van der Waals surface area contributed by atoms with Gasteiger partial charge in [0.1, 0.15) is 6.23 Å². The van der Waals surface area contributed by atoms with Gasteiger partial charge in [-0.05, 0) is 19.8 Å². The lowest BCUT2D eigenvalue weighted by Gasteiger charge is -2.18. The first-order chi connectivity index (χ1) is 12.1. The van der Waals surface area contributed by atoms with Crippen LogP contribution in [0.25, 0.3) is 0 Å². The Morgan fingerprint density at radius 2 is 2.08 bits per heavy atom. The summed E-state index contributed by atoms with van der Waals surface area (Å²) in [5, 5.41) is 0. The van der Waals surface area contributed by atoms with Gasteiger partial charge in [0.2, 0.25) is 0 Å². The van der Waals surface area contributed by atoms with Crippen LogP contribution >= 0.6 is 25.0 Å². The topological polar surface area (TPSA) is 190 Å². The zero-order valence-electron chi connectivity index (χ0n) is 13.3. The molecule has 2 rings (SSSR count). The Labute approximate surface area is 148 Å². The number of nitrogens with one attached hydrogen (secondary N) is 1. The molecule has 4 unspecified atom stereocenters. The van der Waals surface area contributed by atoms with E-state index in [1.165, 1.54) is 17.7 Å². The maximum Gasteiger partial charge on any atom is 0.479 e. The smallest absolute Gasteiger partial charge is 0.352 e. The Balaban J connectivity index is 1.90. The van der Waals surface area contributed by atoms with Crippen LogP contribution in [-0.2, 0) is 22.4 Å². The summed E-state index contributed by atoms with van der Waals surface area (Å²) in [4.78, 5) is 60.9. The molecular formula is C10H17N2O11P3. The van der Waals surface area contributed by atoms with Crippen molar-refractivity contribution in [3.05, 3.63) is 32.6 Å². The monoisotopic (exact) mass is 434 g/mol. The molecule has 148 valence electrons. The van der Waals surface area contributed by atoms with Crippen LogP contribution in [0.2, 0.25) is 0 Å². The maximum atomic E-state index is 11.8. The van der Waals surface area contributed by atoms with Crippen molar-refractivity contribution in [3.8, 4) is 0 Å². The Hall–Kier alpha value is -0.550. The second-order valence-electron chi connectivity index (χ2n) is 5.19. The molecule has 0 saturated carbocycles. The zero-order chi connectivity index (χ0) is 19.5.